The minimum atomic E-state index is 0.0327. The molecular weight excluding hydrogens is 316 g/mol. The number of aromatic nitrogens is 5. The molecule has 1 atom stereocenters. The summed E-state index contributed by atoms with van der Waals surface area (Å²) in [5.41, 5.74) is 2.72. The minimum absolute atomic E-state index is 0.0327. The number of hydrogen-bond acceptors (Lipinski definition) is 4. The zero-order valence-corrected chi connectivity index (χ0v) is 14.6. The molecule has 25 heavy (non-hydrogen) atoms. The molecule has 1 amide bonds. The number of imidazole rings is 1. The molecule has 130 valence electrons. The third kappa shape index (κ3) is 3.01. The molecule has 0 radical (unpaired) electrons. The van der Waals surface area contributed by atoms with Crippen LogP contribution in [0.15, 0.2) is 30.7 Å². The van der Waals surface area contributed by atoms with Crippen LogP contribution in [-0.4, -0.2) is 41.5 Å². The molecule has 0 aliphatic carbocycles. The van der Waals surface area contributed by atoms with Gasteiger partial charge in [-0.3, -0.25) is 4.79 Å². The van der Waals surface area contributed by atoms with Gasteiger partial charge in [-0.2, -0.15) is 5.10 Å². The number of carbonyl (C=O) groups is 1. The number of rotatable bonds is 3. The van der Waals surface area contributed by atoms with Gasteiger partial charge in [0, 0.05) is 31.2 Å². The molecule has 3 aromatic rings. The van der Waals surface area contributed by atoms with Crippen molar-refractivity contribution in [2.45, 2.75) is 45.7 Å². The quantitative estimate of drug-likeness (QED) is 0.735. The summed E-state index contributed by atoms with van der Waals surface area (Å²) in [5.74, 6) is 0.980. The number of likely N-dealkylation sites (tertiary alicyclic amines) is 1. The highest BCUT2D eigenvalue weighted by molar-refractivity contribution is 5.76. The van der Waals surface area contributed by atoms with Gasteiger partial charge in [0.25, 0.3) is 0 Å². The van der Waals surface area contributed by atoms with Gasteiger partial charge in [-0.25, -0.2) is 14.5 Å². The van der Waals surface area contributed by atoms with Crippen LogP contribution in [-0.2, 0) is 11.3 Å². The monoisotopic (exact) mass is 338 g/mol. The lowest BCUT2D eigenvalue weighted by Gasteiger charge is -2.35. The Kier molecular flexibility index (Phi) is 3.99. The largest absolute Gasteiger partial charge is 0.333 e. The summed E-state index contributed by atoms with van der Waals surface area (Å²) < 4.78 is 3.67. The SMILES string of the molecule is Cc1cc2nc([C@@H]3CCCCN3C(=O)Cn3ccnc3C)ccn2n1. The van der Waals surface area contributed by atoms with Crippen molar-refractivity contribution < 1.29 is 4.79 Å². The third-order valence-electron chi connectivity index (χ3n) is 4.86. The van der Waals surface area contributed by atoms with Crippen LogP contribution < -0.4 is 0 Å². The van der Waals surface area contributed by atoms with Crippen LogP contribution in [0.3, 0.4) is 0 Å². The molecule has 0 saturated carbocycles. The second-order valence-electron chi connectivity index (χ2n) is 6.64. The van der Waals surface area contributed by atoms with Gasteiger partial charge >= 0.3 is 0 Å². The van der Waals surface area contributed by atoms with Crippen LogP contribution in [0.4, 0.5) is 0 Å². The van der Waals surface area contributed by atoms with E-state index in [-0.39, 0.29) is 11.9 Å². The fourth-order valence-electron chi connectivity index (χ4n) is 3.54. The van der Waals surface area contributed by atoms with Crippen molar-refractivity contribution in [3.05, 3.63) is 47.9 Å². The molecule has 0 N–H and O–H groups in total. The second-order valence-corrected chi connectivity index (χ2v) is 6.64. The smallest absolute Gasteiger partial charge is 0.243 e. The maximum Gasteiger partial charge on any atom is 0.243 e. The predicted octanol–water partition coefficient (Wildman–Crippen LogP) is 2.30. The van der Waals surface area contributed by atoms with Crippen molar-refractivity contribution in [2.24, 2.45) is 0 Å². The second kappa shape index (κ2) is 6.31. The highest BCUT2D eigenvalue weighted by Gasteiger charge is 2.29. The molecule has 4 heterocycles. The van der Waals surface area contributed by atoms with Crippen molar-refractivity contribution in [3.8, 4) is 0 Å². The van der Waals surface area contributed by atoms with E-state index < -0.39 is 0 Å². The van der Waals surface area contributed by atoms with Gasteiger partial charge < -0.3 is 9.47 Å². The van der Waals surface area contributed by atoms with Gasteiger partial charge in [0.1, 0.15) is 12.4 Å². The average molecular weight is 338 g/mol. The maximum atomic E-state index is 12.9. The number of aryl methyl sites for hydroxylation is 2. The molecule has 1 aliphatic heterocycles. The summed E-state index contributed by atoms with van der Waals surface area (Å²) >= 11 is 0. The Hall–Kier alpha value is -2.70. The molecule has 1 saturated heterocycles. The number of fused-ring (bicyclic) bond motifs is 1. The molecule has 3 aromatic heterocycles. The fraction of sp³-hybridized carbons (Fsp3) is 0.444. The van der Waals surface area contributed by atoms with Crippen molar-refractivity contribution in [1.29, 1.82) is 0 Å². The van der Waals surface area contributed by atoms with E-state index in [9.17, 15) is 4.79 Å². The number of amides is 1. The first-order valence-corrected chi connectivity index (χ1v) is 8.72. The average Bonchev–Trinajstić information content (AvgIpc) is 3.18. The molecule has 0 bridgehead atoms. The normalized spacial score (nSPS) is 18.0. The van der Waals surface area contributed by atoms with Gasteiger partial charge in [-0.1, -0.05) is 0 Å². The van der Waals surface area contributed by atoms with E-state index in [1.54, 1.807) is 10.7 Å². The van der Waals surface area contributed by atoms with E-state index in [1.807, 2.05) is 47.8 Å². The van der Waals surface area contributed by atoms with Crippen LogP contribution in [0.5, 0.6) is 0 Å². The molecule has 0 aromatic carbocycles. The molecule has 7 heteroatoms. The molecule has 0 spiro atoms. The summed E-state index contributed by atoms with van der Waals surface area (Å²) in [7, 11) is 0. The maximum absolute atomic E-state index is 12.9. The van der Waals surface area contributed by atoms with E-state index in [1.165, 1.54) is 0 Å². The molecule has 1 aliphatic rings. The molecule has 7 nitrogen and oxygen atoms in total. The third-order valence-corrected chi connectivity index (χ3v) is 4.86. The summed E-state index contributed by atoms with van der Waals surface area (Å²) in [5, 5.41) is 4.38. The van der Waals surface area contributed by atoms with Crippen LogP contribution in [0, 0.1) is 13.8 Å². The first-order chi connectivity index (χ1) is 12.1. The lowest BCUT2D eigenvalue weighted by molar-refractivity contribution is -0.135. The van der Waals surface area contributed by atoms with Crippen LogP contribution >= 0.6 is 0 Å². The lowest BCUT2D eigenvalue weighted by Crippen LogP contribution is -2.40. The van der Waals surface area contributed by atoms with E-state index in [4.69, 9.17) is 4.98 Å². The van der Waals surface area contributed by atoms with Crippen molar-refractivity contribution in [1.82, 2.24) is 29.0 Å². The lowest BCUT2D eigenvalue weighted by atomic mass is 9.99. The Labute approximate surface area is 146 Å². The van der Waals surface area contributed by atoms with Crippen LogP contribution in [0.25, 0.3) is 5.65 Å². The number of hydrogen-bond donors (Lipinski definition) is 0. The fourth-order valence-corrected chi connectivity index (χ4v) is 3.54. The van der Waals surface area contributed by atoms with E-state index in [0.717, 1.165) is 48.7 Å². The van der Waals surface area contributed by atoms with Gasteiger partial charge in [-0.05, 0) is 39.2 Å². The van der Waals surface area contributed by atoms with Crippen molar-refractivity contribution >= 4 is 11.6 Å². The van der Waals surface area contributed by atoms with E-state index in [0.29, 0.717) is 6.54 Å². The zero-order chi connectivity index (χ0) is 17.4. The van der Waals surface area contributed by atoms with Gasteiger partial charge in [-0.15, -0.1) is 0 Å². The molecular formula is C18H22N6O. The Balaban J connectivity index is 1.61. The van der Waals surface area contributed by atoms with E-state index in [2.05, 4.69) is 10.1 Å². The summed E-state index contributed by atoms with van der Waals surface area (Å²) in [6.07, 6.45) is 8.62. The summed E-state index contributed by atoms with van der Waals surface area (Å²) in [4.78, 5) is 23.8. The summed E-state index contributed by atoms with van der Waals surface area (Å²) in [6, 6.07) is 3.98. The highest BCUT2D eigenvalue weighted by atomic mass is 16.2. The van der Waals surface area contributed by atoms with Gasteiger partial charge in [0.2, 0.25) is 5.91 Å². The first kappa shape index (κ1) is 15.8. The number of carbonyl (C=O) groups excluding carboxylic acids is 1. The van der Waals surface area contributed by atoms with Crippen LogP contribution in [0.2, 0.25) is 0 Å². The van der Waals surface area contributed by atoms with E-state index >= 15 is 0 Å². The van der Waals surface area contributed by atoms with Crippen molar-refractivity contribution in [3.63, 3.8) is 0 Å². The zero-order valence-electron chi connectivity index (χ0n) is 14.6. The predicted molar refractivity (Wildman–Crippen MR) is 93.0 cm³/mol. The first-order valence-electron chi connectivity index (χ1n) is 8.72. The molecule has 1 fully saturated rings. The summed E-state index contributed by atoms with van der Waals surface area (Å²) in [6.45, 7) is 4.98. The Bertz CT molecular complexity index is 911. The highest BCUT2D eigenvalue weighted by Crippen LogP contribution is 2.30. The minimum Gasteiger partial charge on any atom is -0.333 e. The number of nitrogens with zero attached hydrogens (tertiary/aromatic N) is 6. The topological polar surface area (TPSA) is 68.3 Å². The molecule has 4 rings (SSSR count). The van der Waals surface area contributed by atoms with Crippen LogP contribution in [0.1, 0.15) is 42.5 Å². The standard InChI is InChI=1S/C18H22N6O/c1-13-11-17-20-15(6-9-24(17)21-13)16-5-3-4-8-23(16)18(25)12-22-10-7-19-14(22)2/h6-7,9-11,16H,3-5,8,12H2,1-2H3/t16-/m0/s1. The Morgan fingerprint density at radius 2 is 2.16 bits per heavy atom. The van der Waals surface area contributed by atoms with Gasteiger partial charge in [0.05, 0.1) is 17.4 Å². The van der Waals surface area contributed by atoms with Crippen molar-refractivity contribution in [2.75, 3.05) is 6.54 Å². The van der Waals surface area contributed by atoms with Gasteiger partial charge in [0.15, 0.2) is 5.65 Å². The number of piperidine rings is 1. The Morgan fingerprint density at radius 3 is 2.96 bits per heavy atom. The molecule has 0 unspecified atom stereocenters. The Morgan fingerprint density at radius 1 is 1.28 bits per heavy atom.